The molecule has 1 atom stereocenters. The van der Waals surface area contributed by atoms with E-state index in [-0.39, 0.29) is 11.8 Å². The highest BCUT2D eigenvalue weighted by Crippen LogP contribution is 2.13. The van der Waals surface area contributed by atoms with Crippen molar-refractivity contribution in [2.24, 2.45) is 10.9 Å². The predicted molar refractivity (Wildman–Crippen MR) is 87.8 cm³/mol. The molecule has 0 saturated carbocycles. The van der Waals surface area contributed by atoms with Crippen LogP contribution in [0.5, 0.6) is 0 Å². The molecule has 1 unspecified atom stereocenters. The Balaban J connectivity index is 2.23. The monoisotopic (exact) mass is 296 g/mol. The zero-order valence-electron chi connectivity index (χ0n) is 13.0. The maximum Gasteiger partial charge on any atom is 0.244 e. The summed E-state index contributed by atoms with van der Waals surface area (Å²) in [6, 6.07) is 10.9. The lowest BCUT2D eigenvalue weighted by Gasteiger charge is -2.14. The Morgan fingerprint density at radius 2 is 1.95 bits per heavy atom. The fourth-order valence-corrected chi connectivity index (χ4v) is 2.03. The van der Waals surface area contributed by atoms with Gasteiger partial charge in [0.05, 0.1) is 17.1 Å². The van der Waals surface area contributed by atoms with Crippen LogP contribution in [0.25, 0.3) is 11.4 Å². The van der Waals surface area contributed by atoms with E-state index in [0.29, 0.717) is 5.69 Å². The van der Waals surface area contributed by atoms with E-state index in [1.165, 1.54) is 0 Å². The van der Waals surface area contributed by atoms with Crippen molar-refractivity contribution < 1.29 is 4.79 Å². The Kier molecular flexibility index (Phi) is 5.36. The van der Waals surface area contributed by atoms with E-state index >= 15 is 0 Å². The molecule has 5 heteroatoms. The fourth-order valence-electron chi connectivity index (χ4n) is 2.03. The van der Waals surface area contributed by atoms with E-state index in [4.69, 9.17) is 0 Å². The molecule has 1 N–H and O–H groups in total. The standard InChI is InChI=1S/C17H20N4O/c1-12(2)16(17(22)18-3)20-11-13-7-6-9-15(21-13)14-8-4-5-10-19-14/h4-12,16H,1-3H3,(H,18,22). The van der Waals surface area contributed by atoms with Crippen LogP contribution >= 0.6 is 0 Å². The van der Waals surface area contributed by atoms with Crippen LogP contribution in [0.3, 0.4) is 0 Å². The highest BCUT2D eigenvalue weighted by molar-refractivity contribution is 5.86. The van der Waals surface area contributed by atoms with Crippen molar-refractivity contribution in [3.05, 3.63) is 48.3 Å². The number of rotatable bonds is 5. The molecule has 0 saturated heterocycles. The molecule has 0 bridgehead atoms. The summed E-state index contributed by atoms with van der Waals surface area (Å²) in [5.41, 5.74) is 2.30. The molecular weight excluding hydrogens is 276 g/mol. The van der Waals surface area contributed by atoms with Crippen LogP contribution in [0.15, 0.2) is 47.6 Å². The average molecular weight is 296 g/mol. The first-order valence-corrected chi connectivity index (χ1v) is 7.25. The Morgan fingerprint density at radius 3 is 2.59 bits per heavy atom. The van der Waals surface area contributed by atoms with Crippen molar-refractivity contribution >= 4 is 12.1 Å². The van der Waals surface area contributed by atoms with E-state index in [2.05, 4.69) is 20.3 Å². The van der Waals surface area contributed by atoms with E-state index in [1.54, 1.807) is 19.5 Å². The molecule has 2 aromatic heterocycles. The lowest BCUT2D eigenvalue weighted by Crippen LogP contribution is -2.34. The Hall–Kier alpha value is -2.56. The predicted octanol–water partition coefficient (Wildman–Crippen LogP) is 2.33. The molecule has 0 aliphatic heterocycles. The molecule has 2 heterocycles. The molecule has 0 spiro atoms. The van der Waals surface area contributed by atoms with Crippen molar-refractivity contribution in [1.82, 2.24) is 15.3 Å². The fraction of sp³-hybridized carbons (Fsp3) is 0.294. The minimum atomic E-state index is -0.412. The highest BCUT2D eigenvalue weighted by atomic mass is 16.2. The van der Waals surface area contributed by atoms with Gasteiger partial charge in [-0.05, 0) is 30.2 Å². The number of aliphatic imine (C=N–C) groups is 1. The van der Waals surface area contributed by atoms with Gasteiger partial charge in [-0.3, -0.25) is 14.8 Å². The van der Waals surface area contributed by atoms with Crippen LogP contribution in [-0.2, 0) is 4.79 Å². The summed E-state index contributed by atoms with van der Waals surface area (Å²) in [5.74, 6) is 0.0299. The van der Waals surface area contributed by atoms with Crippen LogP contribution < -0.4 is 5.32 Å². The highest BCUT2D eigenvalue weighted by Gasteiger charge is 2.19. The van der Waals surface area contributed by atoms with Crippen molar-refractivity contribution in [1.29, 1.82) is 0 Å². The minimum Gasteiger partial charge on any atom is -0.357 e. The molecular formula is C17H20N4O. The molecule has 22 heavy (non-hydrogen) atoms. The van der Waals surface area contributed by atoms with Crippen LogP contribution in [0.4, 0.5) is 0 Å². The van der Waals surface area contributed by atoms with E-state index in [9.17, 15) is 4.79 Å². The zero-order valence-corrected chi connectivity index (χ0v) is 13.0. The molecule has 1 amide bonds. The van der Waals surface area contributed by atoms with Gasteiger partial charge in [0.2, 0.25) is 5.91 Å². The van der Waals surface area contributed by atoms with Gasteiger partial charge >= 0.3 is 0 Å². The minimum absolute atomic E-state index is 0.0906. The summed E-state index contributed by atoms with van der Waals surface area (Å²) in [6.07, 6.45) is 3.38. The number of amides is 1. The van der Waals surface area contributed by atoms with E-state index in [0.717, 1.165) is 11.4 Å². The SMILES string of the molecule is CNC(=O)C(N=Cc1cccc(-c2ccccn2)n1)C(C)C. The quantitative estimate of drug-likeness (QED) is 0.861. The van der Waals surface area contributed by atoms with Gasteiger partial charge in [0.15, 0.2) is 0 Å². The normalized spacial score (nSPS) is 12.5. The van der Waals surface area contributed by atoms with E-state index < -0.39 is 6.04 Å². The Labute approximate surface area is 130 Å². The van der Waals surface area contributed by atoms with Crippen LogP contribution in [0, 0.1) is 5.92 Å². The van der Waals surface area contributed by atoms with Gasteiger partial charge in [0, 0.05) is 19.5 Å². The molecule has 0 aromatic carbocycles. The van der Waals surface area contributed by atoms with Crippen LogP contribution in [0.1, 0.15) is 19.5 Å². The molecule has 0 aliphatic rings. The lowest BCUT2D eigenvalue weighted by molar-refractivity contribution is -0.122. The average Bonchev–Trinajstić information content (AvgIpc) is 2.55. The van der Waals surface area contributed by atoms with Gasteiger partial charge in [0.25, 0.3) is 0 Å². The maximum atomic E-state index is 11.8. The number of carbonyl (C=O) groups is 1. The molecule has 2 aromatic rings. The molecule has 5 nitrogen and oxygen atoms in total. The zero-order chi connectivity index (χ0) is 15.9. The smallest absolute Gasteiger partial charge is 0.244 e. The number of pyridine rings is 2. The number of nitrogens with zero attached hydrogens (tertiary/aromatic N) is 3. The summed E-state index contributed by atoms with van der Waals surface area (Å²) in [5, 5.41) is 2.64. The maximum absolute atomic E-state index is 11.8. The first kappa shape index (κ1) is 15.8. The summed E-state index contributed by atoms with van der Waals surface area (Å²) in [6.45, 7) is 3.93. The molecule has 0 radical (unpaired) electrons. The van der Waals surface area contributed by atoms with E-state index in [1.807, 2.05) is 50.2 Å². The summed E-state index contributed by atoms with van der Waals surface area (Å²) in [4.78, 5) is 25.0. The van der Waals surface area contributed by atoms with Crippen molar-refractivity contribution in [2.75, 3.05) is 7.05 Å². The number of carbonyl (C=O) groups excluding carboxylic acids is 1. The second-order valence-corrected chi connectivity index (χ2v) is 5.24. The molecule has 0 fully saturated rings. The molecule has 0 aliphatic carbocycles. The molecule has 2 rings (SSSR count). The third-order valence-electron chi connectivity index (χ3n) is 3.21. The summed E-state index contributed by atoms with van der Waals surface area (Å²) < 4.78 is 0. The van der Waals surface area contributed by atoms with Crippen molar-refractivity contribution in [3.8, 4) is 11.4 Å². The van der Waals surface area contributed by atoms with Gasteiger partial charge in [-0.25, -0.2) is 4.98 Å². The second-order valence-electron chi connectivity index (χ2n) is 5.24. The first-order chi connectivity index (χ1) is 10.6. The van der Waals surface area contributed by atoms with Gasteiger partial charge in [-0.15, -0.1) is 0 Å². The Morgan fingerprint density at radius 1 is 1.18 bits per heavy atom. The van der Waals surface area contributed by atoms with Crippen molar-refractivity contribution in [2.45, 2.75) is 19.9 Å². The van der Waals surface area contributed by atoms with Gasteiger partial charge < -0.3 is 5.32 Å². The summed E-state index contributed by atoms with van der Waals surface area (Å²) in [7, 11) is 1.62. The number of hydrogen-bond donors (Lipinski definition) is 1. The van der Waals surface area contributed by atoms with Crippen LogP contribution in [0.2, 0.25) is 0 Å². The number of hydrogen-bond acceptors (Lipinski definition) is 4. The number of nitrogens with one attached hydrogen (secondary N) is 1. The lowest BCUT2D eigenvalue weighted by atomic mass is 10.0. The third kappa shape index (κ3) is 3.97. The van der Waals surface area contributed by atoms with Gasteiger partial charge in [0.1, 0.15) is 6.04 Å². The third-order valence-corrected chi connectivity index (χ3v) is 3.21. The molecule has 114 valence electrons. The number of aromatic nitrogens is 2. The van der Waals surface area contributed by atoms with Gasteiger partial charge in [-0.1, -0.05) is 26.0 Å². The summed E-state index contributed by atoms with van der Waals surface area (Å²) >= 11 is 0. The van der Waals surface area contributed by atoms with Crippen LogP contribution in [-0.4, -0.2) is 35.2 Å². The topological polar surface area (TPSA) is 67.2 Å². The second kappa shape index (κ2) is 7.45. The first-order valence-electron chi connectivity index (χ1n) is 7.25. The number of likely N-dealkylation sites (N-methyl/N-ethyl adjacent to an activating group) is 1. The van der Waals surface area contributed by atoms with Crippen molar-refractivity contribution in [3.63, 3.8) is 0 Å². The largest absolute Gasteiger partial charge is 0.357 e. The Bertz CT molecular complexity index is 653. The van der Waals surface area contributed by atoms with Gasteiger partial charge in [-0.2, -0.15) is 0 Å².